The Hall–Kier alpha value is -2.63. The van der Waals surface area contributed by atoms with Crippen LogP contribution in [0.4, 0.5) is 10.2 Å². The van der Waals surface area contributed by atoms with E-state index in [-0.39, 0.29) is 0 Å². The molecule has 0 atom stereocenters. The number of piperidine rings is 1. The molecule has 1 saturated heterocycles. The first kappa shape index (κ1) is 14.9. The molecule has 4 rings (SSSR count). The normalized spacial score (nSPS) is 15.8. The number of aromatic nitrogens is 3. The highest BCUT2D eigenvalue weighted by atomic mass is 19.1. The van der Waals surface area contributed by atoms with Gasteiger partial charge in [0, 0.05) is 31.0 Å². The van der Waals surface area contributed by atoms with Crippen LogP contribution in [0.1, 0.15) is 12.8 Å². The molecule has 0 bridgehead atoms. The van der Waals surface area contributed by atoms with Gasteiger partial charge in [-0.2, -0.15) is 4.98 Å². The minimum atomic E-state index is -0.682. The molecular weight excluding hydrogens is 307 g/mol. The van der Waals surface area contributed by atoms with E-state index in [0.29, 0.717) is 31.7 Å². The molecule has 0 radical (unpaired) electrons. The van der Waals surface area contributed by atoms with Crippen molar-refractivity contribution >= 4 is 11.6 Å². The molecule has 1 aromatic carbocycles. The Labute approximate surface area is 139 Å². The summed E-state index contributed by atoms with van der Waals surface area (Å²) in [5.41, 5.74) is 1.88. The van der Waals surface area contributed by atoms with E-state index < -0.39 is 6.17 Å². The molecule has 1 fully saturated rings. The average Bonchev–Trinajstić information content (AvgIpc) is 3.05. The lowest BCUT2D eigenvalue weighted by Crippen LogP contribution is -2.34. The molecule has 0 spiro atoms. The van der Waals surface area contributed by atoms with E-state index in [0.717, 1.165) is 22.8 Å². The maximum Gasteiger partial charge on any atom is 0.236 e. The van der Waals surface area contributed by atoms with Crippen LogP contribution in [0.5, 0.6) is 5.75 Å². The van der Waals surface area contributed by atoms with Gasteiger partial charge in [0.05, 0.1) is 12.8 Å². The Kier molecular flexibility index (Phi) is 3.80. The minimum Gasteiger partial charge on any atom is -0.497 e. The molecule has 24 heavy (non-hydrogen) atoms. The molecule has 5 nitrogen and oxygen atoms in total. The molecule has 6 heteroatoms. The van der Waals surface area contributed by atoms with Gasteiger partial charge in [0.1, 0.15) is 17.7 Å². The number of ether oxygens (including phenoxy) is 1. The van der Waals surface area contributed by atoms with E-state index in [4.69, 9.17) is 4.74 Å². The fraction of sp³-hybridized carbons (Fsp3) is 0.333. The van der Waals surface area contributed by atoms with E-state index in [2.05, 4.69) is 14.9 Å². The van der Waals surface area contributed by atoms with Gasteiger partial charge in [-0.15, -0.1) is 0 Å². The summed E-state index contributed by atoms with van der Waals surface area (Å²) in [6.45, 7) is 1.41. The highest BCUT2D eigenvalue weighted by Crippen LogP contribution is 2.24. The lowest BCUT2D eigenvalue weighted by Gasteiger charge is -2.29. The predicted octanol–water partition coefficient (Wildman–Crippen LogP) is 3.34. The molecule has 2 aromatic heterocycles. The van der Waals surface area contributed by atoms with Crippen molar-refractivity contribution in [3.05, 3.63) is 42.7 Å². The number of rotatable bonds is 3. The SMILES string of the molecule is COc1ccc(-c2cn3ccc(N4CCC(F)CC4)nc3n2)cc1. The van der Waals surface area contributed by atoms with Crippen LogP contribution in [0.3, 0.4) is 0 Å². The van der Waals surface area contributed by atoms with Crippen LogP contribution in [0.25, 0.3) is 17.0 Å². The minimum absolute atomic E-state index is 0.568. The van der Waals surface area contributed by atoms with E-state index in [1.165, 1.54) is 0 Å². The van der Waals surface area contributed by atoms with Gasteiger partial charge in [0.15, 0.2) is 0 Å². The zero-order chi connectivity index (χ0) is 16.5. The Morgan fingerprint density at radius 1 is 1.08 bits per heavy atom. The van der Waals surface area contributed by atoms with Gasteiger partial charge in [-0.3, -0.25) is 4.40 Å². The largest absolute Gasteiger partial charge is 0.497 e. The Morgan fingerprint density at radius 2 is 1.83 bits per heavy atom. The summed E-state index contributed by atoms with van der Waals surface area (Å²) in [5.74, 6) is 2.33. The van der Waals surface area contributed by atoms with Crippen molar-refractivity contribution in [1.82, 2.24) is 14.4 Å². The standard InChI is InChI=1S/C18H19FN4O/c1-24-15-4-2-13(3-5-15)16-12-23-11-8-17(21-18(23)20-16)22-9-6-14(19)7-10-22/h2-5,8,11-12,14H,6-7,9-10H2,1H3. The molecule has 1 aliphatic heterocycles. The number of halogens is 1. The van der Waals surface area contributed by atoms with Crippen molar-refractivity contribution in [2.24, 2.45) is 0 Å². The number of hydrogen-bond acceptors (Lipinski definition) is 4. The fourth-order valence-corrected chi connectivity index (χ4v) is 3.02. The van der Waals surface area contributed by atoms with Crippen LogP contribution < -0.4 is 9.64 Å². The number of anilines is 1. The molecule has 3 heterocycles. The molecule has 0 unspecified atom stereocenters. The van der Waals surface area contributed by atoms with Crippen molar-refractivity contribution in [1.29, 1.82) is 0 Å². The summed E-state index contributed by atoms with van der Waals surface area (Å²) >= 11 is 0. The zero-order valence-electron chi connectivity index (χ0n) is 13.5. The lowest BCUT2D eigenvalue weighted by atomic mass is 10.1. The molecular formula is C18H19FN4O. The van der Waals surface area contributed by atoms with Gasteiger partial charge in [-0.1, -0.05) is 0 Å². The maximum absolute atomic E-state index is 13.3. The second kappa shape index (κ2) is 6.11. The van der Waals surface area contributed by atoms with Crippen molar-refractivity contribution in [3.63, 3.8) is 0 Å². The number of imidazole rings is 1. The number of alkyl halides is 1. The van der Waals surface area contributed by atoms with Crippen LogP contribution in [0.15, 0.2) is 42.7 Å². The number of benzene rings is 1. The molecule has 0 saturated carbocycles. The Morgan fingerprint density at radius 3 is 2.54 bits per heavy atom. The number of methoxy groups -OCH3 is 1. The number of nitrogens with zero attached hydrogens (tertiary/aromatic N) is 4. The lowest BCUT2D eigenvalue weighted by molar-refractivity contribution is 0.277. The highest BCUT2D eigenvalue weighted by Gasteiger charge is 2.19. The van der Waals surface area contributed by atoms with Gasteiger partial charge in [-0.05, 0) is 43.2 Å². The topological polar surface area (TPSA) is 42.7 Å². The van der Waals surface area contributed by atoms with Crippen molar-refractivity contribution in [2.75, 3.05) is 25.1 Å². The number of fused-ring (bicyclic) bond motifs is 1. The van der Waals surface area contributed by atoms with Gasteiger partial charge in [-0.25, -0.2) is 9.37 Å². The second-order valence-electron chi connectivity index (χ2n) is 6.01. The molecule has 0 N–H and O–H groups in total. The summed E-state index contributed by atoms with van der Waals surface area (Å²) in [6.07, 6.45) is 4.37. The monoisotopic (exact) mass is 326 g/mol. The van der Waals surface area contributed by atoms with Gasteiger partial charge in [0.2, 0.25) is 5.78 Å². The third-order valence-corrected chi connectivity index (χ3v) is 4.45. The summed E-state index contributed by atoms with van der Waals surface area (Å²) in [6, 6.07) is 9.75. The third kappa shape index (κ3) is 2.79. The molecule has 0 aliphatic carbocycles. The Balaban J connectivity index is 1.63. The fourth-order valence-electron chi connectivity index (χ4n) is 3.02. The first-order chi connectivity index (χ1) is 11.7. The molecule has 0 amide bonds. The van der Waals surface area contributed by atoms with Crippen LogP contribution in [-0.2, 0) is 0 Å². The zero-order valence-corrected chi connectivity index (χ0v) is 13.5. The summed E-state index contributed by atoms with van der Waals surface area (Å²) in [4.78, 5) is 11.4. The van der Waals surface area contributed by atoms with E-state index in [1.807, 2.05) is 47.1 Å². The van der Waals surface area contributed by atoms with Gasteiger partial charge >= 0.3 is 0 Å². The molecule has 124 valence electrons. The van der Waals surface area contributed by atoms with Crippen molar-refractivity contribution in [3.8, 4) is 17.0 Å². The average molecular weight is 326 g/mol. The van der Waals surface area contributed by atoms with E-state index >= 15 is 0 Å². The summed E-state index contributed by atoms with van der Waals surface area (Å²) < 4.78 is 20.4. The Bertz CT molecular complexity index is 838. The highest BCUT2D eigenvalue weighted by molar-refractivity contribution is 5.63. The maximum atomic E-state index is 13.3. The first-order valence-corrected chi connectivity index (χ1v) is 8.12. The van der Waals surface area contributed by atoms with Crippen LogP contribution >= 0.6 is 0 Å². The van der Waals surface area contributed by atoms with Crippen molar-refractivity contribution < 1.29 is 9.13 Å². The van der Waals surface area contributed by atoms with Gasteiger partial charge < -0.3 is 9.64 Å². The summed E-state index contributed by atoms with van der Waals surface area (Å²) in [7, 11) is 1.65. The van der Waals surface area contributed by atoms with E-state index in [1.54, 1.807) is 7.11 Å². The van der Waals surface area contributed by atoms with Gasteiger partial charge in [0.25, 0.3) is 0 Å². The smallest absolute Gasteiger partial charge is 0.236 e. The second-order valence-corrected chi connectivity index (χ2v) is 6.01. The number of hydrogen-bond donors (Lipinski definition) is 0. The van der Waals surface area contributed by atoms with Crippen LogP contribution in [0.2, 0.25) is 0 Å². The quantitative estimate of drug-likeness (QED) is 0.740. The third-order valence-electron chi connectivity index (χ3n) is 4.45. The summed E-state index contributed by atoms with van der Waals surface area (Å²) in [5, 5.41) is 0. The van der Waals surface area contributed by atoms with Crippen LogP contribution in [-0.4, -0.2) is 40.7 Å². The predicted molar refractivity (Wildman–Crippen MR) is 91.3 cm³/mol. The molecule has 1 aliphatic rings. The van der Waals surface area contributed by atoms with Crippen molar-refractivity contribution in [2.45, 2.75) is 19.0 Å². The van der Waals surface area contributed by atoms with E-state index in [9.17, 15) is 4.39 Å². The van der Waals surface area contributed by atoms with Crippen LogP contribution in [0, 0.1) is 0 Å². The first-order valence-electron chi connectivity index (χ1n) is 8.12. The molecule has 3 aromatic rings.